The molecule has 0 amide bonds. The van der Waals surface area contributed by atoms with Gasteiger partial charge >= 0.3 is 0 Å². The van der Waals surface area contributed by atoms with Crippen LogP contribution >= 0.6 is 0 Å². The third kappa shape index (κ3) is 0.673. The molecule has 11 heavy (non-hydrogen) atoms. The summed E-state index contributed by atoms with van der Waals surface area (Å²) in [5.74, 6) is 0. The summed E-state index contributed by atoms with van der Waals surface area (Å²) in [6.07, 6.45) is -0.167. The molecule has 0 aromatic heterocycles. The standard InChI is InChI=1S/C7H11FO3/c8-7-2-6(7,3-10)5(1-9)11-4-7/h5,9-10H,1-4H2/t5-,6?,7?/m1/s1. The molecule has 2 fully saturated rings. The zero-order valence-corrected chi connectivity index (χ0v) is 6.09. The van der Waals surface area contributed by atoms with Gasteiger partial charge in [0.05, 0.1) is 31.3 Å². The van der Waals surface area contributed by atoms with Crippen molar-refractivity contribution in [2.45, 2.75) is 18.2 Å². The normalized spacial score (nSPS) is 54.3. The van der Waals surface area contributed by atoms with E-state index < -0.39 is 17.2 Å². The Hall–Kier alpha value is -0.190. The summed E-state index contributed by atoms with van der Waals surface area (Å²) < 4.78 is 18.4. The molecular weight excluding hydrogens is 151 g/mol. The lowest BCUT2D eigenvalue weighted by molar-refractivity contribution is -0.00559. The molecule has 3 nitrogen and oxygen atoms in total. The van der Waals surface area contributed by atoms with Crippen LogP contribution in [0.5, 0.6) is 0 Å². The lowest BCUT2D eigenvalue weighted by atomic mass is 9.99. The van der Waals surface area contributed by atoms with Gasteiger partial charge in [0.15, 0.2) is 0 Å². The SMILES string of the molecule is OC[C@H]1OCC2(F)CC12CO. The summed E-state index contributed by atoms with van der Waals surface area (Å²) in [4.78, 5) is 0. The summed E-state index contributed by atoms with van der Waals surface area (Å²) >= 11 is 0. The van der Waals surface area contributed by atoms with Crippen molar-refractivity contribution < 1.29 is 19.3 Å². The molecule has 1 aliphatic carbocycles. The Bertz CT molecular complexity index is 187. The van der Waals surface area contributed by atoms with Crippen LogP contribution in [0.2, 0.25) is 0 Å². The van der Waals surface area contributed by atoms with E-state index in [9.17, 15) is 4.39 Å². The minimum Gasteiger partial charge on any atom is -0.396 e. The monoisotopic (exact) mass is 162 g/mol. The second-order valence-corrected chi connectivity index (χ2v) is 3.44. The minimum atomic E-state index is -1.35. The number of aliphatic hydroxyl groups is 2. The molecule has 0 aromatic rings. The molecule has 2 unspecified atom stereocenters. The molecular formula is C7H11FO3. The van der Waals surface area contributed by atoms with E-state index in [0.717, 1.165) is 0 Å². The van der Waals surface area contributed by atoms with Gasteiger partial charge in [-0.25, -0.2) is 4.39 Å². The fourth-order valence-electron chi connectivity index (χ4n) is 1.97. The molecule has 2 rings (SSSR count). The van der Waals surface area contributed by atoms with E-state index in [1.165, 1.54) is 0 Å². The molecule has 64 valence electrons. The Morgan fingerprint density at radius 1 is 1.55 bits per heavy atom. The van der Waals surface area contributed by atoms with Gasteiger partial charge in [-0.05, 0) is 6.42 Å². The molecule has 1 heterocycles. The van der Waals surface area contributed by atoms with Crippen molar-refractivity contribution in [3.63, 3.8) is 0 Å². The molecule has 1 aliphatic heterocycles. The third-order valence-electron chi connectivity index (χ3n) is 2.94. The van der Waals surface area contributed by atoms with Crippen LogP contribution in [-0.4, -0.2) is 41.8 Å². The van der Waals surface area contributed by atoms with Crippen molar-refractivity contribution in [1.82, 2.24) is 0 Å². The lowest BCUT2D eigenvalue weighted by Crippen LogP contribution is -2.29. The van der Waals surface area contributed by atoms with Crippen LogP contribution in [0, 0.1) is 5.41 Å². The summed E-state index contributed by atoms with van der Waals surface area (Å²) in [7, 11) is 0. The fraction of sp³-hybridized carbons (Fsp3) is 1.00. The van der Waals surface area contributed by atoms with Crippen molar-refractivity contribution in [2.24, 2.45) is 5.41 Å². The third-order valence-corrected chi connectivity index (χ3v) is 2.94. The predicted molar refractivity (Wildman–Crippen MR) is 34.8 cm³/mol. The lowest BCUT2D eigenvalue weighted by Gasteiger charge is -2.16. The number of hydrogen-bond acceptors (Lipinski definition) is 3. The Morgan fingerprint density at radius 3 is 2.64 bits per heavy atom. The van der Waals surface area contributed by atoms with Gasteiger partial charge < -0.3 is 14.9 Å². The van der Waals surface area contributed by atoms with Crippen LogP contribution < -0.4 is 0 Å². The minimum absolute atomic E-state index is 0.0266. The highest BCUT2D eigenvalue weighted by Crippen LogP contribution is 2.65. The zero-order chi connectivity index (χ0) is 8.11. The average Bonchev–Trinajstić information content (AvgIpc) is 2.52. The molecule has 0 spiro atoms. The van der Waals surface area contributed by atoms with E-state index >= 15 is 0 Å². The van der Waals surface area contributed by atoms with Crippen LogP contribution in [0.15, 0.2) is 0 Å². The van der Waals surface area contributed by atoms with Gasteiger partial charge in [-0.1, -0.05) is 0 Å². The number of ether oxygens (including phenoxy) is 1. The topological polar surface area (TPSA) is 49.7 Å². The summed E-state index contributed by atoms with van der Waals surface area (Å²) in [5, 5.41) is 17.7. The van der Waals surface area contributed by atoms with Gasteiger partial charge in [0.2, 0.25) is 0 Å². The maximum Gasteiger partial charge on any atom is 0.145 e. The Labute approximate surface area is 63.8 Å². The molecule has 0 bridgehead atoms. The van der Waals surface area contributed by atoms with Crippen LogP contribution in [0.25, 0.3) is 0 Å². The maximum absolute atomic E-state index is 13.4. The quantitative estimate of drug-likeness (QED) is 0.573. The van der Waals surface area contributed by atoms with E-state index in [4.69, 9.17) is 14.9 Å². The summed E-state index contributed by atoms with van der Waals surface area (Å²) in [5.41, 5.74) is -2.13. The highest BCUT2D eigenvalue weighted by molar-refractivity contribution is 5.23. The first-order valence-corrected chi connectivity index (χ1v) is 3.71. The molecule has 0 radical (unpaired) electrons. The number of hydrogen-bond donors (Lipinski definition) is 2. The number of halogens is 1. The zero-order valence-electron chi connectivity index (χ0n) is 6.09. The molecule has 0 aromatic carbocycles. The van der Waals surface area contributed by atoms with Crippen molar-refractivity contribution in [2.75, 3.05) is 19.8 Å². The van der Waals surface area contributed by atoms with Gasteiger partial charge in [0.25, 0.3) is 0 Å². The van der Waals surface area contributed by atoms with Gasteiger partial charge in [0.1, 0.15) is 5.67 Å². The van der Waals surface area contributed by atoms with Crippen LogP contribution in [0.4, 0.5) is 4.39 Å². The van der Waals surface area contributed by atoms with E-state index in [-0.39, 0.29) is 19.8 Å². The maximum atomic E-state index is 13.4. The van der Waals surface area contributed by atoms with E-state index in [2.05, 4.69) is 0 Å². The van der Waals surface area contributed by atoms with Crippen LogP contribution in [0.1, 0.15) is 6.42 Å². The molecule has 2 N–H and O–H groups in total. The van der Waals surface area contributed by atoms with Gasteiger partial charge in [-0.3, -0.25) is 0 Å². The highest BCUT2D eigenvalue weighted by atomic mass is 19.1. The van der Waals surface area contributed by atoms with Crippen LogP contribution in [-0.2, 0) is 4.74 Å². The number of alkyl halides is 1. The Kier molecular flexibility index (Phi) is 1.32. The number of aliphatic hydroxyl groups excluding tert-OH is 2. The van der Waals surface area contributed by atoms with E-state index in [0.29, 0.717) is 6.42 Å². The largest absolute Gasteiger partial charge is 0.396 e. The second kappa shape index (κ2) is 1.94. The van der Waals surface area contributed by atoms with Crippen LogP contribution in [0.3, 0.4) is 0 Å². The Morgan fingerprint density at radius 2 is 2.27 bits per heavy atom. The Balaban J connectivity index is 2.18. The molecule has 2 aliphatic rings. The highest BCUT2D eigenvalue weighted by Gasteiger charge is 2.76. The van der Waals surface area contributed by atoms with Gasteiger partial charge in [-0.15, -0.1) is 0 Å². The first-order chi connectivity index (χ1) is 5.18. The summed E-state index contributed by atoms with van der Waals surface area (Å²) in [6, 6.07) is 0. The van der Waals surface area contributed by atoms with Gasteiger partial charge in [0, 0.05) is 0 Å². The first kappa shape index (κ1) is 7.46. The number of fused-ring (bicyclic) bond motifs is 1. The van der Waals surface area contributed by atoms with Crippen molar-refractivity contribution in [1.29, 1.82) is 0 Å². The van der Waals surface area contributed by atoms with Gasteiger partial charge in [-0.2, -0.15) is 0 Å². The fourth-order valence-corrected chi connectivity index (χ4v) is 1.97. The molecule has 1 saturated heterocycles. The predicted octanol–water partition coefficient (Wildman–Crippen LogP) is -0.532. The average molecular weight is 162 g/mol. The summed E-state index contributed by atoms with van der Waals surface area (Å²) in [6.45, 7) is -0.403. The van der Waals surface area contributed by atoms with E-state index in [1.807, 2.05) is 0 Å². The number of rotatable bonds is 2. The van der Waals surface area contributed by atoms with Crippen molar-refractivity contribution in [3.8, 4) is 0 Å². The first-order valence-electron chi connectivity index (χ1n) is 3.71. The smallest absolute Gasteiger partial charge is 0.145 e. The van der Waals surface area contributed by atoms with Crippen molar-refractivity contribution >= 4 is 0 Å². The van der Waals surface area contributed by atoms with E-state index in [1.54, 1.807) is 0 Å². The molecule has 4 heteroatoms. The van der Waals surface area contributed by atoms with Crippen molar-refractivity contribution in [3.05, 3.63) is 0 Å². The molecule has 1 saturated carbocycles. The second-order valence-electron chi connectivity index (χ2n) is 3.44. The molecule has 3 atom stereocenters.